The van der Waals surface area contributed by atoms with Crippen LogP contribution in [0.5, 0.6) is 0 Å². The SMILES string of the molecule is Cc1ccc(C(=O)N2CCSCC2)cc1NC(=O)C[C@@H]1CCC[C@H]1N. The summed E-state index contributed by atoms with van der Waals surface area (Å²) in [6.07, 6.45) is 3.60. The molecular formula is C19H27N3O2S. The van der Waals surface area contributed by atoms with Crippen molar-refractivity contribution in [1.29, 1.82) is 0 Å². The number of anilines is 1. The quantitative estimate of drug-likeness (QED) is 0.864. The predicted molar refractivity (Wildman–Crippen MR) is 103 cm³/mol. The van der Waals surface area contributed by atoms with Crippen LogP contribution in [0.3, 0.4) is 0 Å². The van der Waals surface area contributed by atoms with Gasteiger partial charge in [0.25, 0.3) is 5.91 Å². The summed E-state index contributed by atoms with van der Waals surface area (Å²) in [5, 5.41) is 2.99. The van der Waals surface area contributed by atoms with Gasteiger partial charge in [0.2, 0.25) is 5.91 Å². The molecule has 1 aromatic rings. The molecule has 1 heterocycles. The van der Waals surface area contributed by atoms with E-state index in [9.17, 15) is 9.59 Å². The van der Waals surface area contributed by atoms with Crippen LogP contribution in [0.25, 0.3) is 0 Å². The van der Waals surface area contributed by atoms with Gasteiger partial charge >= 0.3 is 0 Å². The first kappa shape index (κ1) is 18.3. The highest BCUT2D eigenvalue weighted by Crippen LogP contribution is 2.27. The Labute approximate surface area is 153 Å². The fourth-order valence-corrected chi connectivity index (χ4v) is 4.50. The first-order valence-electron chi connectivity index (χ1n) is 9.07. The van der Waals surface area contributed by atoms with Gasteiger partial charge in [-0.3, -0.25) is 9.59 Å². The van der Waals surface area contributed by atoms with Gasteiger partial charge in [0, 0.05) is 48.3 Å². The minimum absolute atomic E-state index is 0.00979. The predicted octanol–water partition coefficient (Wildman–Crippen LogP) is 2.64. The van der Waals surface area contributed by atoms with E-state index in [1.807, 2.05) is 41.8 Å². The van der Waals surface area contributed by atoms with Gasteiger partial charge in [0.1, 0.15) is 0 Å². The van der Waals surface area contributed by atoms with Gasteiger partial charge < -0.3 is 16.0 Å². The van der Waals surface area contributed by atoms with Crippen molar-refractivity contribution in [2.24, 2.45) is 11.7 Å². The smallest absolute Gasteiger partial charge is 0.253 e. The number of thioether (sulfide) groups is 1. The summed E-state index contributed by atoms with van der Waals surface area (Å²) in [4.78, 5) is 26.9. The Morgan fingerprint density at radius 3 is 2.72 bits per heavy atom. The maximum atomic E-state index is 12.7. The van der Waals surface area contributed by atoms with Crippen molar-refractivity contribution in [3.63, 3.8) is 0 Å². The number of nitrogens with zero attached hydrogens (tertiary/aromatic N) is 1. The van der Waals surface area contributed by atoms with Crippen molar-refractivity contribution in [2.45, 2.75) is 38.6 Å². The molecule has 0 aromatic heterocycles. The first-order valence-corrected chi connectivity index (χ1v) is 10.2. The number of carbonyl (C=O) groups is 2. The van der Waals surface area contributed by atoms with Crippen molar-refractivity contribution in [2.75, 3.05) is 29.9 Å². The van der Waals surface area contributed by atoms with E-state index in [4.69, 9.17) is 5.73 Å². The molecule has 0 bridgehead atoms. The van der Waals surface area contributed by atoms with Crippen molar-refractivity contribution in [1.82, 2.24) is 4.90 Å². The van der Waals surface area contributed by atoms with E-state index in [-0.39, 0.29) is 23.8 Å². The lowest BCUT2D eigenvalue weighted by atomic mass is 9.99. The molecule has 6 heteroatoms. The Hall–Kier alpha value is -1.53. The maximum absolute atomic E-state index is 12.7. The normalized spacial score (nSPS) is 23.5. The third kappa shape index (κ3) is 4.55. The average Bonchev–Trinajstić information content (AvgIpc) is 3.01. The summed E-state index contributed by atoms with van der Waals surface area (Å²) in [5.74, 6) is 2.29. The molecule has 2 aliphatic rings. The molecule has 1 aliphatic carbocycles. The molecule has 3 N–H and O–H groups in total. The third-order valence-electron chi connectivity index (χ3n) is 5.22. The molecule has 1 saturated heterocycles. The second-order valence-corrected chi connectivity index (χ2v) is 8.27. The van der Waals surface area contributed by atoms with Crippen molar-refractivity contribution >= 4 is 29.3 Å². The Morgan fingerprint density at radius 1 is 1.28 bits per heavy atom. The lowest BCUT2D eigenvalue weighted by Crippen LogP contribution is -2.37. The number of nitrogens with two attached hydrogens (primary N) is 1. The molecule has 0 unspecified atom stereocenters. The first-order chi connectivity index (χ1) is 12.0. The molecular weight excluding hydrogens is 334 g/mol. The van der Waals surface area contributed by atoms with Crippen LogP contribution in [-0.2, 0) is 4.79 Å². The zero-order valence-corrected chi connectivity index (χ0v) is 15.6. The van der Waals surface area contributed by atoms with Crippen molar-refractivity contribution in [3.05, 3.63) is 29.3 Å². The molecule has 2 fully saturated rings. The largest absolute Gasteiger partial charge is 0.337 e. The minimum Gasteiger partial charge on any atom is -0.337 e. The number of rotatable bonds is 4. The minimum atomic E-state index is -0.00979. The van der Waals surface area contributed by atoms with Crippen LogP contribution < -0.4 is 11.1 Å². The number of hydrogen-bond donors (Lipinski definition) is 2. The van der Waals surface area contributed by atoms with Crippen molar-refractivity contribution in [3.8, 4) is 0 Å². The molecule has 1 aliphatic heterocycles. The fourth-order valence-electron chi connectivity index (χ4n) is 3.60. The van der Waals surface area contributed by atoms with E-state index < -0.39 is 0 Å². The number of carbonyl (C=O) groups excluding carboxylic acids is 2. The zero-order valence-electron chi connectivity index (χ0n) is 14.8. The highest BCUT2D eigenvalue weighted by molar-refractivity contribution is 7.99. The Bertz CT molecular complexity index is 644. The van der Waals surface area contributed by atoms with E-state index >= 15 is 0 Å². The van der Waals surface area contributed by atoms with Crippen LogP contribution >= 0.6 is 11.8 Å². The summed E-state index contributed by atoms with van der Waals surface area (Å²) in [5.41, 5.74) is 8.41. The molecule has 2 atom stereocenters. The van der Waals surface area contributed by atoms with Crippen molar-refractivity contribution < 1.29 is 9.59 Å². The highest BCUT2D eigenvalue weighted by Gasteiger charge is 2.26. The van der Waals surface area contributed by atoms with Gasteiger partial charge in [-0.25, -0.2) is 0 Å². The molecule has 136 valence electrons. The third-order valence-corrected chi connectivity index (χ3v) is 6.16. The Morgan fingerprint density at radius 2 is 2.04 bits per heavy atom. The number of amides is 2. The molecule has 2 amide bonds. The molecule has 25 heavy (non-hydrogen) atoms. The summed E-state index contributed by atoms with van der Waals surface area (Å²) in [6, 6.07) is 5.70. The molecule has 0 radical (unpaired) electrons. The number of aryl methyl sites for hydroxylation is 1. The maximum Gasteiger partial charge on any atom is 0.253 e. The molecule has 1 saturated carbocycles. The molecule has 1 aromatic carbocycles. The van der Waals surface area contributed by atoms with Crippen LogP contribution in [0, 0.1) is 12.8 Å². The molecule has 3 rings (SSSR count). The van der Waals surface area contributed by atoms with Gasteiger partial charge in [-0.05, 0) is 43.4 Å². The van der Waals surface area contributed by atoms with Gasteiger partial charge in [0.15, 0.2) is 0 Å². The summed E-state index contributed by atoms with van der Waals surface area (Å²) >= 11 is 1.88. The van der Waals surface area contributed by atoms with Crippen LogP contribution in [0.1, 0.15) is 41.6 Å². The number of benzene rings is 1. The summed E-state index contributed by atoms with van der Waals surface area (Å²) in [7, 11) is 0. The monoisotopic (exact) mass is 361 g/mol. The Kier molecular flexibility index (Phi) is 6.02. The fraction of sp³-hybridized carbons (Fsp3) is 0.579. The van der Waals surface area contributed by atoms with Crippen LogP contribution in [0.15, 0.2) is 18.2 Å². The van der Waals surface area contributed by atoms with E-state index in [0.29, 0.717) is 12.0 Å². The van der Waals surface area contributed by atoms with E-state index in [1.54, 1.807) is 0 Å². The average molecular weight is 362 g/mol. The van der Waals surface area contributed by atoms with Gasteiger partial charge in [0.05, 0.1) is 0 Å². The highest BCUT2D eigenvalue weighted by atomic mass is 32.2. The lowest BCUT2D eigenvalue weighted by molar-refractivity contribution is -0.117. The van der Waals surface area contributed by atoms with Crippen LogP contribution in [0.4, 0.5) is 5.69 Å². The Balaban J connectivity index is 1.66. The molecule has 0 spiro atoms. The van der Waals surface area contributed by atoms with E-state index in [1.165, 1.54) is 0 Å². The molecule has 5 nitrogen and oxygen atoms in total. The zero-order chi connectivity index (χ0) is 17.8. The topological polar surface area (TPSA) is 75.4 Å². The van der Waals surface area contributed by atoms with Gasteiger partial charge in [-0.15, -0.1) is 0 Å². The number of nitrogens with one attached hydrogen (secondary N) is 1. The summed E-state index contributed by atoms with van der Waals surface area (Å²) in [6.45, 7) is 3.53. The van der Waals surface area contributed by atoms with E-state index in [2.05, 4.69) is 5.32 Å². The second kappa shape index (κ2) is 8.23. The van der Waals surface area contributed by atoms with Crippen LogP contribution in [-0.4, -0.2) is 47.4 Å². The summed E-state index contributed by atoms with van der Waals surface area (Å²) < 4.78 is 0. The number of hydrogen-bond acceptors (Lipinski definition) is 4. The van der Waals surface area contributed by atoms with E-state index in [0.717, 1.165) is 55.1 Å². The van der Waals surface area contributed by atoms with Gasteiger partial charge in [-0.1, -0.05) is 12.5 Å². The second-order valence-electron chi connectivity index (χ2n) is 7.04. The van der Waals surface area contributed by atoms with Gasteiger partial charge in [-0.2, -0.15) is 11.8 Å². The standard InChI is InChI=1S/C19H27N3O2S/c1-13-5-6-15(19(24)22-7-9-25-10-8-22)11-17(13)21-18(23)12-14-3-2-4-16(14)20/h5-6,11,14,16H,2-4,7-10,12,20H2,1H3,(H,21,23)/t14-,16+/m0/s1. The lowest BCUT2D eigenvalue weighted by Gasteiger charge is -2.26. The van der Waals surface area contributed by atoms with Crippen LogP contribution in [0.2, 0.25) is 0 Å².